The maximum absolute atomic E-state index is 6.29. The summed E-state index contributed by atoms with van der Waals surface area (Å²) in [4.78, 5) is 8.50. The number of nitrogens with zero attached hydrogens (tertiary/aromatic N) is 6. The van der Waals surface area contributed by atoms with Gasteiger partial charge in [0.1, 0.15) is 11.8 Å². The van der Waals surface area contributed by atoms with Crippen molar-refractivity contribution in [3.8, 4) is 22.5 Å². The Morgan fingerprint density at radius 3 is 2.61 bits per heavy atom. The van der Waals surface area contributed by atoms with Crippen LogP contribution < -0.4 is 5.73 Å². The van der Waals surface area contributed by atoms with Gasteiger partial charge in [0.15, 0.2) is 5.82 Å². The van der Waals surface area contributed by atoms with Gasteiger partial charge in [0.2, 0.25) is 0 Å². The highest BCUT2D eigenvalue weighted by molar-refractivity contribution is 5.90. The van der Waals surface area contributed by atoms with Crippen LogP contribution in [-0.2, 0) is 0 Å². The van der Waals surface area contributed by atoms with E-state index in [0.29, 0.717) is 11.9 Å². The first kappa shape index (κ1) is 16.9. The molecular formula is C21H23N7. The summed E-state index contributed by atoms with van der Waals surface area (Å²) in [7, 11) is 0. The Bertz CT molecular complexity index is 1090. The number of nitrogens with two attached hydrogens (primary N) is 1. The molecule has 0 spiro atoms. The predicted molar refractivity (Wildman–Crippen MR) is 109 cm³/mol. The topological polar surface area (TPSA) is 86.9 Å². The molecule has 1 aliphatic rings. The Hall–Kier alpha value is -3.22. The first-order valence-electron chi connectivity index (χ1n) is 9.89. The van der Waals surface area contributed by atoms with E-state index in [9.17, 15) is 0 Å². The molecule has 0 amide bonds. The van der Waals surface area contributed by atoms with Crippen LogP contribution in [0.25, 0.3) is 28.0 Å². The fourth-order valence-electron chi connectivity index (χ4n) is 4.30. The Morgan fingerprint density at radius 1 is 0.964 bits per heavy atom. The third-order valence-electron chi connectivity index (χ3n) is 5.66. The van der Waals surface area contributed by atoms with Crippen LogP contribution in [0.1, 0.15) is 44.6 Å². The molecule has 0 aromatic carbocycles. The van der Waals surface area contributed by atoms with Crippen LogP contribution >= 0.6 is 0 Å². The highest BCUT2D eigenvalue weighted by Gasteiger charge is 2.22. The average Bonchev–Trinajstić information content (AvgIpc) is 3.26. The average molecular weight is 373 g/mol. The van der Waals surface area contributed by atoms with E-state index in [1.165, 1.54) is 44.9 Å². The summed E-state index contributed by atoms with van der Waals surface area (Å²) in [6.45, 7) is 0. The molecule has 4 heterocycles. The first-order valence-corrected chi connectivity index (χ1v) is 9.89. The lowest BCUT2D eigenvalue weighted by Crippen LogP contribution is -2.11. The van der Waals surface area contributed by atoms with Crippen LogP contribution in [-0.4, -0.2) is 29.4 Å². The molecule has 142 valence electrons. The third kappa shape index (κ3) is 2.83. The molecule has 1 fully saturated rings. The van der Waals surface area contributed by atoms with Crippen molar-refractivity contribution in [2.45, 2.75) is 44.6 Å². The second kappa shape index (κ2) is 7.07. The van der Waals surface area contributed by atoms with E-state index in [-0.39, 0.29) is 0 Å². The number of hydrogen-bond donors (Lipinski definition) is 1. The van der Waals surface area contributed by atoms with Gasteiger partial charge in [-0.25, -0.2) is 9.50 Å². The van der Waals surface area contributed by atoms with Gasteiger partial charge in [0.25, 0.3) is 0 Å². The van der Waals surface area contributed by atoms with E-state index >= 15 is 0 Å². The minimum Gasteiger partial charge on any atom is -0.382 e. The molecule has 1 aliphatic carbocycles. The van der Waals surface area contributed by atoms with E-state index < -0.39 is 0 Å². The van der Waals surface area contributed by atoms with Gasteiger partial charge in [0.05, 0.1) is 17.4 Å². The molecule has 4 aromatic rings. The van der Waals surface area contributed by atoms with E-state index in [1.807, 2.05) is 29.0 Å². The molecule has 5 rings (SSSR count). The number of anilines is 1. The van der Waals surface area contributed by atoms with Crippen LogP contribution in [0.2, 0.25) is 0 Å². The van der Waals surface area contributed by atoms with Crippen LogP contribution in [0.4, 0.5) is 5.82 Å². The summed E-state index contributed by atoms with van der Waals surface area (Å²) in [5.74, 6) is 0.466. The van der Waals surface area contributed by atoms with Gasteiger partial charge in [0, 0.05) is 29.7 Å². The Balaban J connectivity index is 1.70. The number of aromatic nitrogens is 6. The third-order valence-corrected chi connectivity index (χ3v) is 5.66. The largest absolute Gasteiger partial charge is 0.382 e. The second-order valence-electron chi connectivity index (χ2n) is 7.40. The highest BCUT2D eigenvalue weighted by atomic mass is 15.3. The monoisotopic (exact) mass is 373 g/mol. The molecule has 0 saturated heterocycles. The molecule has 0 radical (unpaired) electrons. The van der Waals surface area contributed by atoms with Gasteiger partial charge >= 0.3 is 0 Å². The minimum absolute atomic E-state index is 0.426. The molecule has 0 unspecified atom stereocenters. The van der Waals surface area contributed by atoms with Crippen LogP contribution in [0.3, 0.4) is 0 Å². The molecule has 0 aliphatic heterocycles. The highest BCUT2D eigenvalue weighted by Crippen LogP contribution is 2.37. The quantitative estimate of drug-likeness (QED) is 0.546. The molecule has 4 aromatic heterocycles. The van der Waals surface area contributed by atoms with E-state index in [1.54, 1.807) is 6.20 Å². The number of pyridine rings is 1. The van der Waals surface area contributed by atoms with Crippen molar-refractivity contribution in [1.82, 2.24) is 29.4 Å². The molecule has 0 bridgehead atoms. The van der Waals surface area contributed by atoms with Gasteiger partial charge in [-0.15, -0.1) is 0 Å². The van der Waals surface area contributed by atoms with Crippen molar-refractivity contribution in [1.29, 1.82) is 0 Å². The zero-order valence-electron chi connectivity index (χ0n) is 15.7. The molecule has 7 heteroatoms. The van der Waals surface area contributed by atoms with E-state index in [4.69, 9.17) is 5.73 Å². The number of hydrogen-bond acceptors (Lipinski definition) is 5. The number of rotatable bonds is 3. The zero-order valence-corrected chi connectivity index (χ0v) is 15.7. The van der Waals surface area contributed by atoms with Crippen LogP contribution in [0, 0.1) is 0 Å². The lowest BCUT2D eigenvalue weighted by molar-refractivity contribution is 0.410. The first-order chi connectivity index (χ1) is 13.8. The standard InChI is InChI=1S/C21H23N7/c22-21-20-17(18-9-11-25-27(18)16-7-3-1-2-4-8-16)12-19(28(20)26-14-24-21)15-6-5-10-23-13-15/h5-6,9-14,16H,1-4,7-8H2,(H2,22,24,26). The zero-order chi connectivity index (χ0) is 18.9. The molecule has 1 saturated carbocycles. The predicted octanol–water partition coefficient (Wildman–Crippen LogP) is 4.13. The van der Waals surface area contributed by atoms with E-state index in [2.05, 4.69) is 37.0 Å². The van der Waals surface area contributed by atoms with Crippen molar-refractivity contribution in [2.75, 3.05) is 5.73 Å². The van der Waals surface area contributed by atoms with Crippen molar-refractivity contribution >= 4 is 11.3 Å². The lowest BCUT2D eigenvalue weighted by Gasteiger charge is -2.18. The molecule has 0 atom stereocenters. The Kier molecular flexibility index (Phi) is 4.27. The summed E-state index contributed by atoms with van der Waals surface area (Å²) >= 11 is 0. The van der Waals surface area contributed by atoms with E-state index in [0.717, 1.165) is 28.0 Å². The molecule has 7 nitrogen and oxygen atoms in total. The number of nitrogen functional groups attached to an aromatic ring is 1. The van der Waals surface area contributed by atoms with Gasteiger partial charge in [-0.1, -0.05) is 25.7 Å². The molecular weight excluding hydrogens is 350 g/mol. The normalized spacial score (nSPS) is 15.7. The summed E-state index contributed by atoms with van der Waals surface area (Å²) < 4.78 is 4.04. The number of fused-ring (bicyclic) bond motifs is 1. The fraction of sp³-hybridized carbons (Fsp3) is 0.333. The summed E-state index contributed by atoms with van der Waals surface area (Å²) in [6.07, 6.45) is 14.5. The van der Waals surface area contributed by atoms with Crippen LogP contribution in [0.5, 0.6) is 0 Å². The second-order valence-corrected chi connectivity index (χ2v) is 7.40. The maximum atomic E-state index is 6.29. The smallest absolute Gasteiger partial charge is 0.152 e. The minimum atomic E-state index is 0.426. The van der Waals surface area contributed by atoms with Gasteiger partial charge < -0.3 is 5.73 Å². The van der Waals surface area contributed by atoms with Crippen molar-refractivity contribution < 1.29 is 0 Å². The van der Waals surface area contributed by atoms with Crippen molar-refractivity contribution in [3.63, 3.8) is 0 Å². The summed E-state index contributed by atoms with van der Waals surface area (Å²) in [5, 5.41) is 9.16. The van der Waals surface area contributed by atoms with Crippen molar-refractivity contribution in [3.05, 3.63) is 49.2 Å². The lowest BCUT2D eigenvalue weighted by atomic mass is 10.1. The van der Waals surface area contributed by atoms with Gasteiger partial charge in [-0.3, -0.25) is 9.67 Å². The molecule has 28 heavy (non-hydrogen) atoms. The van der Waals surface area contributed by atoms with Crippen molar-refractivity contribution in [2.24, 2.45) is 0 Å². The van der Waals surface area contributed by atoms with Gasteiger partial charge in [-0.2, -0.15) is 10.2 Å². The SMILES string of the molecule is Nc1ncnn2c(-c3cccnc3)cc(-c3ccnn3C3CCCCCC3)c12. The maximum Gasteiger partial charge on any atom is 0.152 e. The summed E-state index contributed by atoms with van der Waals surface area (Å²) in [5.41, 5.74) is 11.1. The fourth-order valence-corrected chi connectivity index (χ4v) is 4.30. The Morgan fingerprint density at radius 2 is 1.82 bits per heavy atom. The van der Waals surface area contributed by atoms with Gasteiger partial charge in [-0.05, 0) is 37.1 Å². The molecule has 2 N–H and O–H groups in total. The summed E-state index contributed by atoms with van der Waals surface area (Å²) in [6, 6.07) is 8.57. The van der Waals surface area contributed by atoms with Crippen LogP contribution in [0.15, 0.2) is 49.2 Å². The Labute approximate surface area is 163 Å².